The molecule has 0 amide bonds. The van der Waals surface area contributed by atoms with Crippen molar-refractivity contribution < 1.29 is 4.39 Å². The molecule has 0 aliphatic carbocycles. The maximum absolute atomic E-state index is 13.3. The Labute approximate surface area is 106 Å². The minimum atomic E-state index is -0.143. The number of rotatable bonds is 6. The molecule has 2 N–H and O–H groups in total. The van der Waals surface area contributed by atoms with Gasteiger partial charge in [-0.2, -0.15) is 5.10 Å². The van der Waals surface area contributed by atoms with Gasteiger partial charge in [0.2, 0.25) is 0 Å². The van der Waals surface area contributed by atoms with E-state index in [1.165, 1.54) is 11.6 Å². The van der Waals surface area contributed by atoms with Crippen molar-refractivity contribution in [3.8, 4) is 0 Å². The van der Waals surface area contributed by atoms with Crippen LogP contribution in [0.4, 0.5) is 4.39 Å². The van der Waals surface area contributed by atoms with Crippen LogP contribution >= 0.6 is 0 Å². The van der Waals surface area contributed by atoms with Crippen molar-refractivity contribution in [2.24, 2.45) is 0 Å². The molecule has 0 unspecified atom stereocenters. The number of aromatic amines is 1. The topological polar surface area (TPSA) is 40.7 Å². The molecule has 18 heavy (non-hydrogen) atoms. The van der Waals surface area contributed by atoms with Gasteiger partial charge in [0.05, 0.1) is 6.20 Å². The Morgan fingerprint density at radius 3 is 2.83 bits per heavy atom. The lowest BCUT2D eigenvalue weighted by molar-refractivity contribution is 0.581. The summed E-state index contributed by atoms with van der Waals surface area (Å²) in [6.07, 6.45) is 3.88. The molecule has 0 bridgehead atoms. The summed E-state index contributed by atoms with van der Waals surface area (Å²) in [6, 6.07) is 6.86. The molecule has 0 fully saturated rings. The Kier molecular flexibility index (Phi) is 4.47. The maximum Gasteiger partial charge on any atom is 0.127 e. The summed E-state index contributed by atoms with van der Waals surface area (Å²) in [7, 11) is 0. The molecular formula is C14H18FN3. The Morgan fingerprint density at radius 1 is 1.28 bits per heavy atom. The highest BCUT2D eigenvalue weighted by atomic mass is 19.1. The summed E-state index contributed by atoms with van der Waals surface area (Å²) in [5.74, 6) is -0.143. The first kappa shape index (κ1) is 12.8. The molecule has 4 heteroatoms. The predicted octanol–water partition coefficient (Wildman–Crippen LogP) is 2.58. The molecule has 0 aliphatic rings. The summed E-state index contributed by atoms with van der Waals surface area (Å²) in [5, 5.41) is 10.2. The zero-order valence-corrected chi connectivity index (χ0v) is 10.5. The largest absolute Gasteiger partial charge is 0.313 e. The van der Waals surface area contributed by atoms with Crippen LogP contribution in [0.5, 0.6) is 0 Å². The van der Waals surface area contributed by atoms with Crippen LogP contribution in [0, 0.1) is 12.7 Å². The molecule has 1 aromatic carbocycles. The maximum atomic E-state index is 13.3. The number of nitrogens with one attached hydrogen (secondary N) is 2. The molecule has 0 aliphatic heterocycles. The minimum Gasteiger partial charge on any atom is -0.313 e. The van der Waals surface area contributed by atoms with Gasteiger partial charge in [0, 0.05) is 17.8 Å². The van der Waals surface area contributed by atoms with Crippen LogP contribution in [-0.2, 0) is 13.0 Å². The highest BCUT2D eigenvalue weighted by Gasteiger charge is 2.01. The van der Waals surface area contributed by atoms with Crippen molar-refractivity contribution >= 4 is 0 Å². The zero-order valence-electron chi connectivity index (χ0n) is 10.5. The molecule has 3 nitrogen and oxygen atoms in total. The standard InChI is InChI=1S/C14H18FN3/c1-11-12(10-17-18-11)6-4-8-16-9-13-5-2-3-7-14(13)15/h2-3,5,7,10,16H,4,6,8-9H2,1H3,(H,17,18). The number of nitrogens with zero attached hydrogens (tertiary/aromatic N) is 1. The normalized spacial score (nSPS) is 10.8. The molecule has 0 atom stereocenters. The Bertz CT molecular complexity index is 493. The first-order valence-corrected chi connectivity index (χ1v) is 6.20. The van der Waals surface area contributed by atoms with E-state index in [9.17, 15) is 4.39 Å². The second kappa shape index (κ2) is 6.31. The fourth-order valence-electron chi connectivity index (χ4n) is 1.90. The number of aryl methyl sites for hydroxylation is 2. The number of H-pyrrole nitrogens is 1. The van der Waals surface area contributed by atoms with Gasteiger partial charge in [-0.25, -0.2) is 4.39 Å². The molecular weight excluding hydrogens is 229 g/mol. The summed E-state index contributed by atoms with van der Waals surface area (Å²) in [4.78, 5) is 0. The highest BCUT2D eigenvalue weighted by molar-refractivity contribution is 5.17. The van der Waals surface area contributed by atoms with Crippen molar-refractivity contribution in [3.63, 3.8) is 0 Å². The van der Waals surface area contributed by atoms with Crippen molar-refractivity contribution in [1.82, 2.24) is 15.5 Å². The van der Waals surface area contributed by atoms with E-state index in [4.69, 9.17) is 0 Å². The van der Waals surface area contributed by atoms with Crippen molar-refractivity contribution in [2.75, 3.05) is 6.54 Å². The van der Waals surface area contributed by atoms with Gasteiger partial charge < -0.3 is 5.32 Å². The van der Waals surface area contributed by atoms with Crippen LogP contribution in [0.15, 0.2) is 30.5 Å². The van der Waals surface area contributed by atoms with Crippen molar-refractivity contribution in [2.45, 2.75) is 26.3 Å². The first-order valence-electron chi connectivity index (χ1n) is 6.20. The molecule has 0 spiro atoms. The highest BCUT2D eigenvalue weighted by Crippen LogP contribution is 2.07. The summed E-state index contributed by atoms with van der Waals surface area (Å²) in [5.41, 5.74) is 3.10. The van der Waals surface area contributed by atoms with Gasteiger partial charge in [-0.1, -0.05) is 18.2 Å². The lowest BCUT2D eigenvalue weighted by atomic mass is 10.1. The van der Waals surface area contributed by atoms with Crippen LogP contribution in [0.1, 0.15) is 23.2 Å². The van der Waals surface area contributed by atoms with E-state index in [0.29, 0.717) is 6.54 Å². The third-order valence-corrected chi connectivity index (χ3v) is 3.01. The molecule has 96 valence electrons. The number of aromatic nitrogens is 2. The predicted molar refractivity (Wildman–Crippen MR) is 69.8 cm³/mol. The van der Waals surface area contributed by atoms with Gasteiger partial charge in [-0.05, 0) is 37.9 Å². The van der Waals surface area contributed by atoms with Crippen LogP contribution in [0.2, 0.25) is 0 Å². The van der Waals surface area contributed by atoms with Crippen LogP contribution in [-0.4, -0.2) is 16.7 Å². The van der Waals surface area contributed by atoms with E-state index in [2.05, 4.69) is 15.5 Å². The molecule has 0 radical (unpaired) electrons. The third kappa shape index (κ3) is 3.40. The average molecular weight is 247 g/mol. The van der Waals surface area contributed by atoms with Gasteiger partial charge in [0.1, 0.15) is 5.82 Å². The summed E-state index contributed by atoms with van der Waals surface area (Å²) in [6.45, 7) is 3.48. The lowest BCUT2D eigenvalue weighted by Gasteiger charge is -2.05. The Morgan fingerprint density at radius 2 is 2.11 bits per heavy atom. The van der Waals surface area contributed by atoms with Crippen LogP contribution in [0.3, 0.4) is 0 Å². The molecule has 0 saturated carbocycles. The Hall–Kier alpha value is -1.68. The molecule has 0 saturated heterocycles. The minimum absolute atomic E-state index is 0.143. The average Bonchev–Trinajstić information content (AvgIpc) is 2.77. The lowest BCUT2D eigenvalue weighted by Crippen LogP contribution is -2.16. The monoisotopic (exact) mass is 247 g/mol. The fraction of sp³-hybridized carbons (Fsp3) is 0.357. The van der Waals surface area contributed by atoms with Crippen molar-refractivity contribution in [3.05, 3.63) is 53.1 Å². The quantitative estimate of drug-likeness (QED) is 0.770. The number of halogens is 1. The van der Waals surface area contributed by atoms with Gasteiger partial charge in [0.15, 0.2) is 0 Å². The summed E-state index contributed by atoms with van der Waals surface area (Å²) >= 11 is 0. The van der Waals surface area contributed by atoms with Gasteiger partial charge in [0.25, 0.3) is 0 Å². The SMILES string of the molecule is Cc1[nH]ncc1CCCNCc1ccccc1F. The van der Waals surface area contributed by atoms with E-state index in [0.717, 1.165) is 30.6 Å². The van der Waals surface area contributed by atoms with E-state index < -0.39 is 0 Å². The second-order valence-electron chi connectivity index (χ2n) is 4.39. The number of hydrogen-bond donors (Lipinski definition) is 2. The molecule has 2 rings (SSSR count). The van der Waals surface area contributed by atoms with Gasteiger partial charge in [-0.3, -0.25) is 5.10 Å². The fourth-order valence-corrected chi connectivity index (χ4v) is 1.90. The molecule has 2 aromatic rings. The third-order valence-electron chi connectivity index (χ3n) is 3.01. The summed E-state index contributed by atoms with van der Waals surface area (Å²) < 4.78 is 13.3. The molecule has 1 aromatic heterocycles. The van der Waals surface area contributed by atoms with E-state index in [-0.39, 0.29) is 5.82 Å². The van der Waals surface area contributed by atoms with Gasteiger partial charge >= 0.3 is 0 Å². The zero-order chi connectivity index (χ0) is 12.8. The van der Waals surface area contributed by atoms with Gasteiger partial charge in [-0.15, -0.1) is 0 Å². The first-order chi connectivity index (χ1) is 8.77. The number of hydrogen-bond acceptors (Lipinski definition) is 2. The van der Waals surface area contributed by atoms with Crippen molar-refractivity contribution in [1.29, 1.82) is 0 Å². The second-order valence-corrected chi connectivity index (χ2v) is 4.39. The van der Waals surface area contributed by atoms with Crippen LogP contribution < -0.4 is 5.32 Å². The van der Waals surface area contributed by atoms with E-state index in [1.54, 1.807) is 6.07 Å². The van der Waals surface area contributed by atoms with E-state index in [1.807, 2.05) is 25.3 Å². The molecule has 1 heterocycles. The van der Waals surface area contributed by atoms with Crippen LogP contribution in [0.25, 0.3) is 0 Å². The van der Waals surface area contributed by atoms with E-state index >= 15 is 0 Å². The smallest absolute Gasteiger partial charge is 0.127 e. The Balaban J connectivity index is 1.68. The number of benzene rings is 1.